The summed E-state index contributed by atoms with van der Waals surface area (Å²) in [5.74, 6) is -0.222. The predicted molar refractivity (Wildman–Crippen MR) is 126 cm³/mol. The molecule has 3 aromatic carbocycles. The Hall–Kier alpha value is -2.67. The topological polar surface area (TPSA) is 26.3 Å². The molecule has 2 aliphatic rings. The molecule has 1 aliphatic heterocycles. The standard InChI is InChI=1S/C26H21O2P.ClH/c27-26-24-17-8-7-16-23(24)25(28-26)19-10-9-15-22(18-19)29(20-11-3-1-4-12-20)21-13-5-2-6-14-21;/h1-18,23-25H;1H. The number of carbonyl (C=O) groups excluding carboxylic acids is 1. The summed E-state index contributed by atoms with van der Waals surface area (Å²) >= 11 is 0. The van der Waals surface area contributed by atoms with E-state index in [2.05, 4.69) is 91.0 Å². The molecule has 0 radical (unpaired) electrons. The van der Waals surface area contributed by atoms with E-state index < -0.39 is 7.92 Å². The molecule has 0 aromatic heterocycles. The van der Waals surface area contributed by atoms with Crippen molar-refractivity contribution < 1.29 is 9.53 Å². The fourth-order valence-electron chi connectivity index (χ4n) is 4.16. The monoisotopic (exact) mass is 432 g/mol. The number of allylic oxidation sites excluding steroid dienone is 2. The number of cyclic esters (lactones) is 1. The molecule has 3 atom stereocenters. The van der Waals surface area contributed by atoms with Gasteiger partial charge in [-0.2, -0.15) is 0 Å². The van der Waals surface area contributed by atoms with E-state index in [0.29, 0.717) is 0 Å². The van der Waals surface area contributed by atoms with E-state index in [1.807, 2.05) is 18.2 Å². The maximum Gasteiger partial charge on any atom is 0.314 e. The lowest BCUT2D eigenvalue weighted by molar-refractivity contribution is -0.143. The number of benzene rings is 3. The Morgan fingerprint density at radius 3 is 1.97 bits per heavy atom. The zero-order valence-electron chi connectivity index (χ0n) is 16.3. The van der Waals surface area contributed by atoms with E-state index in [1.165, 1.54) is 15.9 Å². The van der Waals surface area contributed by atoms with Gasteiger partial charge in [-0.1, -0.05) is 103 Å². The number of hydrogen-bond donors (Lipinski definition) is 0. The van der Waals surface area contributed by atoms with Gasteiger partial charge in [0.2, 0.25) is 0 Å². The first kappa shape index (κ1) is 20.6. The van der Waals surface area contributed by atoms with Gasteiger partial charge >= 0.3 is 5.97 Å². The van der Waals surface area contributed by atoms with Crippen molar-refractivity contribution in [3.8, 4) is 0 Å². The first-order valence-electron chi connectivity index (χ1n) is 9.87. The summed E-state index contributed by atoms with van der Waals surface area (Å²) in [6, 6.07) is 29.9. The van der Waals surface area contributed by atoms with Crippen LogP contribution >= 0.6 is 20.3 Å². The molecule has 0 spiro atoms. The average molecular weight is 433 g/mol. The van der Waals surface area contributed by atoms with Gasteiger partial charge in [0, 0.05) is 5.92 Å². The maximum absolute atomic E-state index is 12.4. The van der Waals surface area contributed by atoms with Crippen molar-refractivity contribution in [2.45, 2.75) is 6.10 Å². The van der Waals surface area contributed by atoms with Crippen LogP contribution in [0.1, 0.15) is 11.7 Å². The van der Waals surface area contributed by atoms with Crippen LogP contribution in [0, 0.1) is 11.8 Å². The molecule has 0 N–H and O–H groups in total. The van der Waals surface area contributed by atoms with E-state index in [4.69, 9.17) is 4.74 Å². The van der Waals surface area contributed by atoms with Gasteiger partial charge in [-0.25, -0.2) is 0 Å². The van der Waals surface area contributed by atoms with Crippen LogP contribution in [0.25, 0.3) is 0 Å². The highest BCUT2D eigenvalue weighted by Gasteiger charge is 2.43. The molecule has 1 fully saturated rings. The highest BCUT2D eigenvalue weighted by atomic mass is 35.5. The molecule has 0 saturated carbocycles. The van der Waals surface area contributed by atoms with Crippen LogP contribution in [-0.4, -0.2) is 5.97 Å². The maximum atomic E-state index is 12.4. The summed E-state index contributed by atoms with van der Waals surface area (Å²) in [5, 5.41) is 3.89. The van der Waals surface area contributed by atoms with Gasteiger partial charge in [-0.3, -0.25) is 4.79 Å². The lowest BCUT2D eigenvalue weighted by Crippen LogP contribution is -2.21. The van der Waals surface area contributed by atoms with E-state index in [0.717, 1.165) is 5.56 Å². The Morgan fingerprint density at radius 1 is 0.700 bits per heavy atom. The summed E-state index contributed by atoms with van der Waals surface area (Å²) in [6.07, 6.45) is 7.78. The zero-order chi connectivity index (χ0) is 19.6. The molecular weight excluding hydrogens is 411 g/mol. The van der Waals surface area contributed by atoms with Gasteiger partial charge < -0.3 is 4.74 Å². The molecule has 4 heteroatoms. The molecule has 30 heavy (non-hydrogen) atoms. The minimum absolute atomic E-state index is 0. The molecule has 0 amide bonds. The molecule has 1 saturated heterocycles. The summed E-state index contributed by atoms with van der Waals surface area (Å²) < 4.78 is 5.81. The second kappa shape index (κ2) is 9.00. The number of rotatable bonds is 4. The molecule has 3 aromatic rings. The van der Waals surface area contributed by atoms with Crippen LogP contribution in [0.15, 0.2) is 109 Å². The highest BCUT2D eigenvalue weighted by Crippen LogP contribution is 2.43. The van der Waals surface area contributed by atoms with Crippen molar-refractivity contribution in [2.24, 2.45) is 11.8 Å². The second-order valence-electron chi connectivity index (χ2n) is 7.33. The summed E-state index contributed by atoms with van der Waals surface area (Å²) in [4.78, 5) is 12.4. The molecule has 2 nitrogen and oxygen atoms in total. The summed E-state index contributed by atoms with van der Waals surface area (Å²) in [5.41, 5.74) is 1.07. The third kappa shape index (κ3) is 3.86. The lowest BCUT2D eigenvalue weighted by atomic mass is 9.84. The lowest BCUT2D eigenvalue weighted by Gasteiger charge is -2.22. The molecule has 150 valence electrons. The highest BCUT2D eigenvalue weighted by molar-refractivity contribution is 7.79. The SMILES string of the molecule is Cl.O=C1OC(c2cccc(P(c3ccccc3)c3ccccc3)c2)C2C=CC=CC12. The van der Waals surface area contributed by atoms with Crippen LogP contribution in [0.5, 0.6) is 0 Å². The largest absolute Gasteiger partial charge is 0.456 e. The first-order valence-corrected chi connectivity index (χ1v) is 11.2. The Kier molecular flexibility index (Phi) is 6.18. The molecule has 0 bridgehead atoms. The van der Waals surface area contributed by atoms with Gasteiger partial charge in [0.1, 0.15) is 6.10 Å². The fraction of sp³-hybridized carbons (Fsp3) is 0.115. The van der Waals surface area contributed by atoms with Crippen molar-refractivity contribution >= 4 is 42.2 Å². The molecule has 1 heterocycles. The number of hydrogen-bond acceptors (Lipinski definition) is 2. The molecule has 1 aliphatic carbocycles. The zero-order valence-corrected chi connectivity index (χ0v) is 18.0. The fourth-order valence-corrected chi connectivity index (χ4v) is 6.51. The molecule has 3 unspecified atom stereocenters. The third-order valence-electron chi connectivity index (χ3n) is 5.53. The van der Waals surface area contributed by atoms with Gasteiger partial charge in [-0.05, 0) is 35.5 Å². The van der Waals surface area contributed by atoms with Crippen molar-refractivity contribution in [3.05, 3.63) is 115 Å². The van der Waals surface area contributed by atoms with Crippen molar-refractivity contribution in [2.75, 3.05) is 0 Å². The minimum atomic E-state index is -0.679. The third-order valence-corrected chi connectivity index (χ3v) is 7.95. The number of carbonyl (C=O) groups is 1. The van der Waals surface area contributed by atoms with Crippen LogP contribution in [0.4, 0.5) is 0 Å². The quantitative estimate of drug-likeness (QED) is 0.436. The molecular formula is C26H22ClO2P. The van der Waals surface area contributed by atoms with Gasteiger partial charge in [0.25, 0.3) is 0 Å². The van der Waals surface area contributed by atoms with Crippen molar-refractivity contribution in [3.63, 3.8) is 0 Å². The second-order valence-corrected chi connectivity index (χ2v) is 9.55. The van der Waals surface area contributed by atoms with Crippen LogP contribution < -0.4 is 15.9 Å². The smallest absolute Gasteiger partial charge is 0.314 e. The van der Waals surface area contributed by atoms with Crippen LogP contribution in [-0.2, 0) is 9.53 Å². The Bertz CT molecular complexity index is 1040. The van der Waals surface area contributed by atoms with E-state index in [1.54, 1.807) is 0 Å². The van der Waals surface area contributed by atoms with E-state index in [-0.39, 0.29) is 36.3 Å². The van der Waals surface area contributed by atoms with Crippen molar-refractivity contribution in [1.29, 1.82) is 0 Å². The number of halogens is 1. The van der Waals surface area contributed by atoms with Crippen LogP contribution in [0.2, 0.25) is 0 Å². The van der Waals surface area contributed by atoms with Crippen molar-refractivity contribution in [1.82, 2.24) is 0 Å². The predicted octanol–water partition coefficient (Wildman–Crippen LogP) is 4.82. The van der Waals surface area contributed by atoms with Gasteiger partial charge in [0.05, 0.1) is 5.92 Å². The average Bonchev–Trinajstić information content (AvgIpc) is 3.13. The Labute approximate surface area is 184 Å². The normalized spacial score (nSPS) is 21.8. The van der Waals surface area contributed by atoms with Gasteiger partial charge in [-0.15, -0.1) is 12.4 Å². The summed E-state index contributed by atoms with van der Waals surface area (Å²) in [7, 11) is -0.679. The first-order chi connectivity index (χ1) is 14.3. The van der Waals surface area contributed by atoms with Crippen LogP contribution in [0.3, 0.4) is 0 Å². The Morgan fingerprint density at radius 2 is 1.30 bits per heavy atom. The summed E-state index contributed by atoms with van der Waals surface area (Å²) in [6.45, 7) is 0. The minimum Gasteiger partial charge on any atom is -0.456 e. The molecule has 5 rings (SSSR count). The van der Waals surface area contributed by atoms with Gasteiger partial charge in [0.15, 0.2) is 0 Å². The Balaban J connectivity index is 0.00000218. The van der Waals surface area contributed by atoms with E-state index >= 15 is 0 Å². The number of esters is 1. The number of fused-ring (bicyclic) bond motifs is 1. The number of ether oxygens (including phenoxy) is 1. The van der Waals surface area contributed by atoms with E-state index in [9.17, 15) is 4.79 Å².